The van der Waals surface area contributed by atoms with Crippen molar-refractivity contribution in [3.8, 4) is 11.5 Å². The minimum Gasteiger partial charge on any atom is -0.390 e. The third kappa shape index (κ3) is 2.29. The van der Waals surface area contributed by atoms with Crippen LogP contribution in [0.1, 0.15) is 5.69 Å². The molecular weight excluding hydrogens is 249 g/mol. The molecule has 0 aliphatic rings. The van der Waals surface area contributed by atoms with Gasteiger partial charge < -0.3 is 5.11 Å². The molecule has 1 N–H and O–H groups in total. The first-order chi connectivity index (χ1) is 7.70. The van der Waals surface area contributed by atoms with Crippen molar-refractivity contribution < 1.29 is 5.11 Å². The molecular formula is C10H7Cl2N3O. The van der Waals surface area contributed by atoms with Crippen LogP contribution in [-0.2, 0) is 6.61 Å². The fraction of sp³-hybridized carbons (Fsp3) is 0.100. The standard InChI is InChI=1S/C10H7Cl2N3O/c11-6-3-8(12)9(14-4-6)10-13-2-1-7(5-16)15-10/h1-4,16H,5H2. The van der Waals surface area contributed by atoms with E-state index in [0.717, 1.165) is 0 Å². The summed E-state index contributed by atoms with van der Waals surface area (Å²) in [5.74, 6) is 0.369. The number of halogens is 2. The van der Waals surface area contributed by atoms with Crippen LogP contribution in [0.2, 0.25) is 10.0 Å². The largest absolute Gasteiger partial charge is 0.390 e. The molecule has 0 aliphatic heterocycles. The Morgan fingerprint density at radius 3 is 2.75 bits per heavy atom. The normalized spacial score (nSPS) is 10.4. The fourth-order valence-corrected chi connectivity index (χ4v) is 1.64. The van der Waals surface area contributed by atoms with Gasteiger partial charge in [-0.15, -0.1) is 0 Å². The van der Waals surface area contributed by atoms with Crippen molar-refractivity contribution in [3.05, 3.63) is 40.3 Å². The highest BCUT2D eigenvalue weighted by Gasteiger charge is 2.09. The Bertz CT molecular complexity index is 519. The number of hydrogen-bond donors (Lipinski definition) is 1. The number of aliphatic hydroxyl groups excluding tert-OH is 1. The molecule has 0 saturated carbocycles. The van der Waals surface area contributed by atoms with E-state index in [1.807, 2.05) is 0 Å². The third-order valence-electron chi connectivity index (χ3n) is 1.89. The zero-order chi connectivity index (χ0) is 11.5. The van der Waals surface area contributed by atoms with E-state index in [-0.39, 0.29) is 6.61 Å². The summed E-state index contributed by atoms with van der Waals surface area (Å²) < 4.78 is 0. The lowest BCUT2D eigenvalue weighted by Crippen LogP contribution is -1.96. The van der Waals surface area contributed by atoms with Gasteiger partial charge in [0.05, 0.1) is 22.3 Å². The molecule has 4 nitrogen and oxygen atoms in total. The predicted octanol–water partition coefficient (Wildman–Crippen LogP) is 2.34. The highest BCUT2D eigenvalue weighted by molar-refractivity contribution is 6.35. The van der Waals surface area contributed by atoms with Crippen LogP contribution >= 0.6 is 23.2 Å². The Balaban J connectivity index is 2.49. The van der Waals surface area contributed by atoms with E-state index in [0.29, 0.717) is 27.3 Å². The number of aromatic nitrogens is 3. The summed E-state index contributed by atoms with van der Waals surface area (Å²) in [6.07, 6.45) is 3.01. The van der Waals surface area contributed by atoms with E-state index in [9.17, 15) is 0 Å². The molecule has 2 rings (SSSR count). The second kappa shape index (κ2) is 4.74. The van der Waals surface area contributed by atoms with E-state index in [2.05, 4.69) is 15.0 Å². The van der Waals surface area contributed by atoms with Gasteiger partial charge in [0.2, 0.25) is 0 Å². The van der Waals surface area contributed by atoms with Crippen LogP contribution in [-0.4, -0.2) is 20.1 Å². The highest BCUT2D eigenvalue weighted by Crippen LogP contribution is 2.25. The van der Waals surface area contributed by atoms with Gasteiger partial charge in [-0.1, -0.05) is 23.2 Å². The van der Waals surface area contributed by atoms with E-state index in [1.54, 1.807) is 18.3 Å². The maximum atomic E-state index is 8.96. The Morgan fingerprint density at radius 2 is 2.06 bits per heavy atom. The number of aliphatic hydroxyl groups is 1. The van der Waals surface area contributed by atoms with Gasteiger partial charge in [0.1, 0.15) is 5.69 Å². The summed E-state index contributed by atoms with van der Waals surface area (Å²) in [5, 5.41) is 9.79. The van der Waals surface area contributed by atoms with Crippen molar-refractivity contribution in [1.29, 1.82) is 0 Å². The average Bonchev–Trinajstić information content (AvgIpc) is 2.29. The van der Waals surface area contributed by atoms with Crippen LogP contribution in [0.25, 0.3) is 11.5 Å². The second-order valence-electron chi connectivity index (χ2n) is 3.01. The Morgan fingerprint density at radius 1 is 1.25 bits per heavy atom. The molecule has 2 aromatic rings. The lowest BCUT2D eigenvalue weighted by molar-refractivity contribution is 0.277. The van der Waals surface area contributed by atoms with E-state index in [4.69, 9.17) is 28.3 Å². The number of pyridine rings is 1. The number of hydrogen-bond acceptors (Lipinski definition) is 4. The SMILES string of the molecule is OCc1ccnc(-c2ncc(Cl)cc2Cl)n1. The molecule has 0 spiro atoms. The predicted molar refractivity (Wildman–Crippen MR) is 61.2 cm³/mol. The summed E-state index contributed by atoms with van der Waals surface area (Å²) in [6.45, 7) is -0.152. The van der Waals surface area contributed by atoms with Gasteiger partial charge in [-0.3, -0.25) is 0 Å². The van der Waals surface area contributed by atoms with Crippen LogP contribution in [0.15, 0.2) is 24.5 Å². The molecule has 0 amide bonds. The van der Waals surface area contributed by atoms with E-state index >= 15 is 0 Å². The molecule has 0 aromatic carbocycles. The minimum atomic E-state index is -0.152. The molecule has 2 aromatic heterocycles. The minimum absolute atomic E-state index is 0.152. The van der Waals surface area contributed by atoms with Crippen molar-refractivity contribution >= 4 is 23.2 Å². The van der Waals surface area contributed by atoms with Crippen LogP contribution in [0.4, 0.5) is 0 Å². The van der Waals surface area contributed by atoms with Crippen molar-refractivity contribution in [2.24, 2.45) is 0 Å². The smallest absolute Gasteiger partial charge is 0.179 e. The Kier molecular flexibility index (Phi) is 3.33. The lowest BCUT2D eigenvalue weighted by atomic mass is 10.3. The summed E-state index contributed by atoms with van der Waals surface area (Å²) >= 11 is 11.7. The van der Waals surface area contributed by atoms with Crippen LogP contribution in [0.3, 0.4) is 0 Å². The van der Waals surface area contributed by atoms with Crippen LogP contribution < -0.4 is 0 Å². The third-order valence-corrected chi connectivity index (χ3v) is 2.39. The highest BCUT2D eigenvalue weighted by atomic mass is 35.5. The van der Waals surface area contributed by atoms with E-state index in [1.165, 1.54) is 6.20 Å². The van der Waals surface area contributed by atoms with Crippen molar-refractivity contribution in [3.63, 3.8) is 0 Å². The first kappa shape index (κ1) is 11.3. The average molecular weight is 256 g/mol. The molecule has 0 aliphatic carbocycles. The molecule has 2 heterocycles. The van der Waals surface area contributed by atoms with Crippen LogP contribution in [0.5, 0.6) is 0 Å². The molecule has 0 unspecified atom stereocenters. The van der Waals surface area contributed by atoms with Gasteiger partial charge >= 0.3 is 0 Å². The molecule has 82 valence electrons. The summed E-state index contributed by atoms with van der Waals surface area (Å²) in [7, 11) is 0. The van der Waals surface area contributed by atoms with Gasteiger partial charge in [-0.25, -0.2) is 15.0 Å². The van der Waals surface area contributed by atoms with Crippen molar-refractivity contribution in [1.82, 2.24) is 15.0 Å². The quantitative estimate of drug-likeness (QED) is 0.895. The zero-order valence-electron chi connectivity index (χ0n) is 8.06. The second-order valence-corrected chi connectivity index (χ2v) is 3.86. The van der Waals surface area contributed by atoms with Gasteiger partial charge in [0, 0.05) is 12.4 Å². The van der Waals surface area contributed by atoms with E-state index < -0.39 is 0 Å². The van der Waals surface area contributed by atoms with Gasteiger partial charge in [-0.05, 0) is 12.1 Å². The topological polar surface area (TPSA) is 58.9 Å². The monoisotopic (exact) mass is 255 g/mol. The number of rotatable bonds is 2. The molecule has 0 radical (unpaired) electrons. The van der Waals surface area contributed by atoms with Crippen molar-refractivity contribution in [2.45, 2.75) is 6.61 Å². The maximum Gasteiger partial charge on any atom is 0.179 e. The molecule has 6 heteroatoms. The molecule has 0 fully saturated rings. The molecule has 0 bridgehead atoms. The zero-order valence-corrected chi connectivity index (χ0v) is 9.57. The summed E-state index contributed by atoms with van der Waals surface area (Å²) in [4.78, 5) is 12.2. The van der Waals surface area contributed by atoms with Gasteiger partial charge in [0.15, 0.2) is 5.82 Å². The maximum absolute atomic E-state index is 8.96. The first-order valence-corrected chi connectivity index (χ1v) is 5.20. The summed E-state index contributed by atoms with van der Waals surface area (Å²) in [5.41, 5.74) is 0.958. The fourth-order valence-electron chi connectivity index (χ4n) is 1.18. The van der Waals surface area contributed by atoms with Crippen LogP contribution in [0, 0.1) is 0 Å². The van der Waals surface area contributed by atoms with Gasteiger partial charge in [-0.2, -0.15) is 0 Å². The van der Waals surface area contributed by atoms with Gasteiger partial charge in [0.25, 0.3) is 0 Å². The Hall–Kier alpha value is -1.23. The summed E-state index contributed by atoms with van der Waals surface area (Å²) in [6, 6.07) is 3.19. The molecule has 16 heavy (non-hydrogen) atoms. The number of nitrogens with zero attached hydrogens (tertiary/aromatic N) is 3. The lowest BCUT2D eigenvalue weighted by Gasteiger charge is -2.03. The van der Waals surface area contributed by atoms with Crippen molar-refractivity contribution in [2.75, 3.05) is 0 Å². The molecule has 0 atom stereocenters. The Labute approximate surface area is 102 Å². The first-order valence-electron chi connectivity index (χ1n) is 4.45. The molecule has 0 saturated heterocycles.